The minimum Gasteiger partial charge on any atom is -0.352 e. The van der Waals surface area contributed by atoms with Crippen molar-refractivity contribution in [3.8, 4) is 6.07 Å². The monoisotopic (exact) mass is 243 g/mol. The topological polar surface area (TPSA) is 64.9 Å². The third-order valence-corrected chi connectivity index (χ3v) is 3.45. The average Bonchev–Trinajstić information content (AvgIpc) is 2.85. The van der Waals surface area contributed by atoms with Gasteiger partial charge in [-0.3, -0.25) is 4.79 Å². The van der Waals surface area contributed by atoms with E-state index in [2.05, 4.69) is 16.7 Å². The molecule has 0 aromatic heterocycles. The maximum Gasteiger partial charge on any atom is 0.227 e. The van der Waals surface area contributed by atoms with Crippen molar-refractivity contribution >= 4 is 5.91 Å². The lowest BCUT2D eigenvalue weighted by Crippen LogP contribution is -2.39. The van der Waals surface area contributed by atoms with Crippen LogP contribution in [0.25, 0.3) is 0 Å². The van der Waals surface area contributed by atoms with E-state index >= 15 is 0 Å². The van der Waals surface area contributed by atoms with Gasteiger partial charge in [-0.2, -0.15) is 5.26 Å². The average molecular weight is 243 g/mol. The van der Waals surface area contributed by atoms with Gasteiger partial charge in [0.1, 0.15) is 0 Å². The molecule has 18 heavy (non-hydrogen) atoms. The van der Waals surface area contributed by atoms with Crippen LogP contribution in [0.2, 0.25) is 0 Å². The zero-order valence-corrected chi connectivity index (χ0v) is 10.5. The number of carbonyl (C=O) groups excluding carboxylic acids is 1. The van der Waals surface area contributed by atoms with Crippen molar-refractivity contribution in [2.75, 3.05) is 13.1 Å². The van der Waals surface area contributed by atoms with Gasteiger partial charge < -0.3 is 10.6 Å². The third-order valence-electron chi connectivity index (χ3n) is 3.45. The van der Waals surface area contributed by atoms with E-state index in [-0.39, 0.29) is 11.3 Å². The highest BCUT2D eigenvalue weighted by Gasteiger charge is 2.35. The third kappa shape index (κ3) is 2.69. The second kappa shape index (κ2) is 5.19. The summed E-state index contributed by atoms with van der Waals surface area (Å²) in [6.45, 7) is 4.15. The number of amides is 1. The molecule has 0 aliphatic carbocycles. The van der Waals surface area contributed by atoms with Gasteiger partial charge >= 0.3 is 0 Å². The van der Waals surface area contributed by atoms with E-state index in [0.29, 0.717) is 12.1 Å². The minimum absolute atomic E-state index is 0.0943. The zero-order valence-electron chi connectivity index (χ0n) is 10.5. The highest BCUT2D eigenvalue weighted by atomic mass is 16.2. The molecule has 4 heteroatoms. The summed E-state index contributed by atoms with van der Waals surface area (Å²) >= 11 is 0. The summed E-state index contributed by atoms with van der Waals surface area (Å²) in [4.78, 5) is 12.1. The molecule has 1 aromatic carbocycles. The molecule has 1 aromatic rings. The maximum atomic E-state index is 12.1. The van der Waals surface area contributed by atoms with Crippen molar-refractivity contribution in [1.82, 2.24) is 10.6 Å². The second-order valence-electron chi connectivity index (χ2n) is 4.98. The molecule has 1 amide bonds. The fourth-order valence-electron chi connectivity index (χ4n) is 2.10. The summed E-state index contributed by atoms with van der Waals surface area (Å²) in [5, 5.41) is 14.9. The van der Waals surface area contributed by atoms with Gasteiger partial charge in [-0.1, -0.05) is 12.1 Å². The SMILES string of the molecule is CC1(C(=O)NCc2ccc(C#N)cc2)CCNC1. The molecule has 1 atom stereocenters. The number of hydrogen-bond acceptors (Lipinski definition) is 3. The summed E-state index contributed by atoms with van der Waals surface area (Å²) in [5.74, 6) is 0.0943. The Balaban J connectivity index is 1.91. The molecule has 94 valence electrons. The number of nitriles is 1. The molecular weight excluding hydrogens is 226 g/mol. The number of nitrogens with one attached hydrogen (secondary N) is 2. The Labute approximate surface area is 107 Å². The van der Waals surface area contributed by atoms with Crippen LogP contribution in [0, 0.1) is 16.7 Å². The molecular formula is C14H17N3O. The first kappa shape index (κ1) is 12.6. The van der Waals surface area contributed by atoms with Gasteiger partial charge in [-0.25, -0.2) is 0 Å². The van der Waals surface area contributed by atoms with E-state index in [4.69, 9.17) is 5.26 Å². The lowest BCUT2D eigenvalue weighted by atomic mass is 9.89. The zero-order chi connectivity index (χ0) is 13.0. The van der Waals surface area contributed by atoms with Crippen molar-refractivity contribution in [2.24, 2.45) is 5.41 Å². The number of benzene rings is 1. The van der Waals surface area contributed by atoms with Gasteiger partial charge in [-0.05, 0) is 37.6 Å². The fourth-order valence-corrected chi connectivity index (χ4v) is 2.10. The second-order valence-corrected chi connectivity index (χ2v) is 4.98. The first-order chi connectivity index (χ1) is 8.64. The lowest BCUT2D eigenvalue weighted by Gasteiger charge is -2.21. The summed E-state index contributed by atoms with van der Waals surface area (Å²) in [6.07, 6.45) is 0.881. The predicted molar refractivity (Wildman–Crippen MR) is 68.6 cm³/mol. The van der Waals surface area contributed by atoms with Gasteiger partial charge in [0.05, 0.1) is 17.0 Å². The smallest absolute Gasteiger partial charge is 0.227 e. The van der Waals surface area contributed by atoms with Crippen LogP contribution in [0.5, 0.6) is 0 Å². The quantitative estimate of drug-likeness (QED) is 0.837. The van der Waals surface area contributed by atoms with Crippen LogP contribution in [0.1, 0.15) is 24.5 Å². The van der Waals surface area contributed by atoms with E-state index in [1.807, 2.05) is 19.1 Å². The van der Waals surface area contributed by atoms with Crippen molar-refractivity contribution in [2.45, 2.75) is 19.9 Å². The Morgan fingerprint density at radius 2 is 2.22 bits per heavy atom. The molecule has 1 saturated heterocycles. The highest BCUT2D eigenvalue weighted by molar-refractivity contribution is 5.82. The number of hydrogen-bond donors (Lipinski definition) is 2. The van der Waals surface area contributed by atoms with Crippen LogP contribution < -0.4 is 10.6 Å². The summed E-state index contributed by atoms with van der Waals surface area (Å²) in [5.41, 5.74) is 1.36. The number of nitrogens with zero attached hydrogens (tertiary/aromatic N) is 1. The molecule has 1 heterocycles. The van der Waals surface area contributed by atoms with Crippen molar-refractivity contribution in [3.63, 3.8) is 0 Å². The summed E-state index contributed by atoms with van der Waals surface area (Å²) < 4.78 is 0. The molecule has 0 spiro atoms. The Hall–Kier alpha value is -1.86. The molecule has 0 radical (unpaired) electrons. The van der Waals surface area contributed by atoms with Gasteiger partial charge in [0.25, 0.3) is 0 Å². The normalized spacial score (nSPS) is 22.4. The van der Waals surface area contributed by atoms with Gasteiger partial charge in [-0.15, -0.1) is 0 Å². The van der Waals surface area contributed by atoms with Gasteiger partial charge in [0, 0.05) is 13.1 Å². The van der Waals surface area contributed by atoms with Crippen molar-refractivity contribution in [1.29, 1.82) is 5.26 Å². The van der Waals surface area contributed by atoms with E-state index < -0.39 is 0 Å². The molecule has 1 unspecified atom stereocenters. The molecule has 2 rings (SSSR count). The Morgan fingerprint density at radius 3 is 2.78 bits per heavy atom. The van der Waals surface area contributed by atoms with Crippen LogP contribution in [0.15, 0.2) is 24.3 Å². The maximum absolute atomic E-state index is 12.1. The first-order valence-electron chi connectivity index (χ1n) is 6.12. The Kier molecular flexibility index (Phi) is 3.63. The van der Waals surface area contributed by atoms with Gasteiger partial charge in [0.2, 0.25) is 5.91 Å². The first-order valence-corrected chi connectivity index (χ1v) is 6.12. The van der Waals surface area contributed by atoms with E-state index in [1.165, 1.54) is 0 Å². The summed E-state index contributed by atoms with van der Waals surface area (Å²) in [6, 6.07) is 9.34. The Bertz CT molecular complexity index is 467. The van der Waals surface area contributed by atoms with E-state index in [1.54, 1.807) is 12.1 Å². The van der Waals surface area contributed by atoms with Crippen LogP contribution in [-0.2, 0) is 11.3 Å². The van der Waals surface area contributed by atoms with E-state index in [9.17, 15) is 4.79 Å². The molecule has 0 bridgehead atoms. The molecule has 1 aliphatic rings. The molecule has 1 fully saturated rings. The van der Waals surface area contributed by atoms with Crippen LogP contribution >= 0.6 is 0 Å². The molecule has 0 saturated carbocycles. The van der Waals surface area contributed by atoms with Crippen molar-refractivity contribution < 1.29 is 4.79 Å². The largest absolute Gasteiger partial charge is 0.352 e. The predicted octanol–water partition coefficient (Wildman–Crippen LogP) is 1.17. The molecule has 4 nitrogen and oxygen atoms in total. The van der Waals surface area contributed by atoms with E-state index in [0.717, 1.165) is 25.1 Å². The fraction of sp³-hybridized carbons (Fsp3) is 0.429. The highest BCUT2D eigenvalue weighted by Crippen LogP contribution is 2.24. The summed E-state index contributed by atoms with van der Waals surface area (Å²) in [7, 11) is 0. The van der Waals surface area contributed by atoms with Gasteiger partial charge in [0.15, 0.2) is 0 Å². The number of carbonyl (C=O) groups is 1. The lowest BCUT2D eigenvalue weighted by molar-refractivity contribution is -0.129. The van der Waals surface area contributed by atoms with Crippen LogP contribution in [0.3, 0.4) is 0 Å². The number of rotatable bonds is 3. The van der Waals surface area contributed by atoms with Crippen LogP contribution in [0.4, 0.5) is 0 Å². The standard InChI is InChI=1S/C14H17N3O/c1-14(6-7-16-10-14)13(18)17-9-12-4-2-11(8-15)3-5-12/h2-5,16H,6-7,9-10H2,1H3,(H,17,18). The molecule has 1 aliphatic heterocycles. The van der Waals surface area contributed by atoms with Crippen molar-refractivity contribution in [3.05, 3.63) is 35.4 Å². The van der Waals surface area contributed by atoms with Crippen LogP contribution in [-0.4, -0.2) is 19.0 Å². The Morgan fingerprint density at radius 1 is 1.50 bits per heavy atom. The molecule has 2 N–H and O–H groups in total. The minimum atomic E-state index is -0.285.